The van der Waals surface area contributed by atoms with Gasteiger partial charge in [0.2, 0.25) is 5.91 Å². The van der Waals surface area contributed by atoms with E-state index in [4.69, 9.17) is 0 Å². The molecule has 0 spiro atoms. The number of nitrogens with one attached hydrogen (secondary N) is 1. The van der Waals surface area contributed by atoms with Crippen LogP contribution in [-0.4, -0.2) is 40.6 Å². The third-order valence-corrected chi connectivity index (χ3v) is 6.63. The number of halogens is 7. The first-order chi connectivity index (χ1) is 17.3. The van der Waals surface area contributed by atoms with Crippen LogP contribution in [0.5, 0.6) is 0 Å². The summed E-state index contributed by atoms with van der Waals surface area (Å²) < 4.78 is 92.1. The molecule has 1 heterocycles. The molecule has 200 valence electrons. The molecule has 0 aromatic heterocycles. The van der Waals surface area contributed by atoms with Gasteiger partial charge in [0, 0.05) is 17.7 Å². The number of alkyl halides is 6. The Morgan fingerprint density at radius 2 is 1.70 bits per heavy atom. The van der Waals surface area contributed by atoms with E-state index in [9.17, 15) is 45.4 Å². The van der Waals surface area contributed by atoms with Crippen molar-refractivity contribution in [1.29, 1.82) is 0 Å². The van der Waals surface area contributed by atoms with E-state index in [1.54, 1.807) is 0 Å². The number of carbonyl (C=O) groups is 2. The van der Waals surface area contributed by atoms with E-state index in [-0.39, 0.29) is 30.0 Å². The van der Waals surface area contributed by atoms with E-state index in [1.807, 2.05) is 0 Å². The first kappa shape index (κ1) is 26.9. The summed E-state index contributed by atoms with van der Waals surface area (Å²) in [6.07, 6.45) is -10.5. The first-order valence-electron chi connectivity index (χ1n) is 11.6. The molecular weight excluding hydrogens is 509 g/mol. The normalized spacial score (nSPS) is 20.0. The Hall–Kier alpha value is -3.15. The zero-order valence-corrected chi connectivity index (χ0v) is 19.2. The van der Waals surface area contributed by atoms with Gasteiger partial charge in [-0.1, -0.05) is 18.2 Å². The van der Waals surface area contributed by atoms with Gasteiger partial charge >= 0.3 is 12.4 Å². The highest BCUT2D eigenvalue weighted by molar-refractivity contribution is 5.98. The van der Waals surface area contributed by atoms with Gasteiger partial charge in [0.25, 0.3) is 5.91 Å². The highest BCUT2D eigenvalue weighted by atomic mass is 19.4. The lowest BCUT2D eigenvalue weighted by Gasteiger charge is -2.27. The second kappa shape index (κ2) is 9.96. The molecule has 1 aliphatic carbocycles. The minimum absolute atomic E-state index is 0.0893. The van der Waals surface area contributed by atoms with Crippen molar-refractivity contribution in [1.82, 2.24) is 10.2 Å². The van der Waals surface area contributed by atoms with Crippen molar-refractivity contribution in [2.45, 2.75) is 56.2 Å². The van der Waals surface area contributed by atoms with Gasteiger partial charge in [0.15, 0.2) is 6.10 Å². The summed E-state index contributed by atoms with van der Waals surface area (Å²) in [5, 5.41) is 12.2. The number of benzene rings is 2. The zero-order chi connectivity index (χ0) is 27.1. The molecule has 1 aliphatic heterocycles. The predicted molar refractivity (Wildman–Crippen MR) is 117 cm³/mol. The Labute approximate surface area is 207 Å². The molecule has 12 heteroatoms. The van der Waals surface area contributed by atoms with E-state index >= 15 is 0 Å². The van der Waals surface area contributed by atoms with Crippen molar-refractivity contribution < 1.29 is 45.4 Å². The van der Waals surface area contributed by atoms with Crippen LogP contribution in [0.15, 0.2) is 42.5 Å². The predicted octanol–water partition coefficient (Wildman–Crippen LogP) is 5.31. The molecule has 1 saturated heterocycles. The molecule has 37 heavy (non-hydrogen) atoms. The van der Waals surface area contributed by atoms with Gasteiger partial charge in [-0.25, -0.2) is 4.39 Å². The minimum atomic E-state index is -4.93. The van der Waals surface area contributed by atoms with Gasteiger partial charge in [-0.15, -0.1) is 0 Å². The van der Waals surface area contributed by atoms with Crippen molar-refractivity contribution in [3.63, 3.8) is 0 Å². The Bertz CT molecular complexity index is 1180. The number of aliphatic hydroxyl groups is 1. The Morgan fingerprint density at radius 3 is 2.30 bits per heavy atom. The number of hydrogen-bond acceptors (Lipinski definition) is 3. The highest BCUT2D eigenvalue weighted by Gasteiger charge is 2.42. The maximum atomic E-state index is 14.6. The SMILES string of the molecule is O=C(NC(c1ccc(C(F)(F)F)cc1F)C1CC1)[C@H]1CCCN1C(=O)c1cccc(C(O)C(F)(F)F)c1. The second-order valence-electron chi connectivity index (χ2n) is 9.28. The van der Waals surface area contributed by atoms with Crippen LogP contribution >= 0.6 is 0 Å². The quantitative estimate of drug-likeness (QED) is 0.496. The van der Waals surface area contributed by atoms with Crippen molar-refractivity contribution in [3.05, 3.63) is 70.5 Å². The highest BCUT2D eigenvalue weighted by Crippen LogP contribution is 2.43. The first-order valence-corrected chi connectivity index (χ1v) is 11.6. The number of rotatable bonds is 6. The standard InChI is InChI=1S/C25H23F7N2O3/c26-18-12-16(24(27,28)29)8-9-17(18)20(13-6-7-13)33-22(36)19-5-2-10-34(19)23(37)15-4-1-3-14(11-15)21(35)25(30,31)32/h1,3-4,8-9,11-13,19-21,35H,2,5-7,10H2,(H,33,36)/t19-,20?,21?/m1/s1. The third kappa shape index (κ3) is 5.89. The second-order valence-corrected chi connectivity index (χ2v) is 9.28. The molecule has 2 aromatic rings. The molecule has 0 radical (unpaired) electrons. The Balaban J connectivity index is 1.52. The van der Waals surface area contributed by atoms with Crippen molar-refractivity contribution in [3.8, 4) is 0 Å². The fraction of sp³-hybridized carbons (Fsp3) is 0.440. The van der Waals surface area contributed by atoms with E-state index in [0.29, 0.717) is 25.3 Å². The van der Waals surface area contributed by atoms with Gasteiger partial charge in [0.1, 0.15) is 11.9 Å². The van der Waals surface area contributed by atoms with Gasteiger partial charge in [-0.3, -0.25) is 9.59 Å². The van der Waals surface area contributed by atoms with E-state index in [1.165, 1.54) is 17.0 Å². The number of likely N-dealkylation sites (tertiary alicyclic amines) is 1. The molecule has 4 rings (SSSR count). The molecular formula is C25H23F7N2O3. The van der Waals surface area contributed by atoms with Crippen LogP contribution in [-0.2, 0) is 11.0 Å². The number of amides is 2. The summed E-state index contributed by atoms with van der Waals surface area (Å²) in [5.41, 5.74) is -1.91. The summed E-state index contributed by atoms with van der Waals surface area (Å²) in [6.45, 7) is 0.145. The fourth-order valence-electron chi connectivity index (χ4n) is 4.56. The van der Waals surface area contributed by atoms with Crippen LogP contribution in [0.1, 0.15) is 64.9 Å². The van der Waals surface area contributed by atoms with Crippen molar-refractivity contribution >= 4 is 11.8 Å². The van der Waals surface area contributed by atoms with E-state index in [2.05, 4.69) is 5.32 Å². The molecule has 2 aromatic carbocycles. The van der Waals surface area contributed by atoms with E-state index < -0.39 is 59.3 Å². The van der Waals surface area contributed by atoms with Crippen LogP contribution in [0, 0.1) is 11.7 Å². The molecule has 0 bridgehead atoms. The molecule has 1 saturated carbocycles. The van der Waals surface area contributed by atoms with Crippen molar-refractivity contribution in [2.24, 2.45) is 5.92 Å². The number of hydrogen-bond donors (Lipinski definition) is 2. The van der Waals surface area contributed by atoms with E-state index in [0.717, 1.165) is 24.3 Å². The molecule has 5 nitrogen and oxygen atoms in total. The Kier molecular flexibility index (Phi) is 7.24. The smallest absolute Gasteiger partial charge is 0.379 e. The monoisotopic (exact) mass is 532 g/mol. The molecule has 2 N–H and O–H groups in total. The van der Waals surface area contributed by atoms with Gasteiger partial charge < -0.3 is 15.3 Å². The Morgan fingerprint density at radius 1 is 1.00 bits per heavy atom. The number of nitrogens with zero attached hydrogens (tertiary/aromatic N) is 1. The van der Waals surface area contributed by atoms with Crippen LogP contribution in [0.3, 0.4) is 0 Å². The van der Waals surface area contributed by atoms with Crippen LogP contribution in [0.4, 0.5) is 30.7 Å². The van der Waals surface area contributed by atoms with Gasteiger partial charge in [-0.05, 0) is 61.4 Å². The van der Waals surface area contributed by atoms with Crippen LogP contribution < -0.4 is 5.32 Å². The molecule has 2 amide bonds. The largest absolute Gasteiger partial charge is 0.418 e. The lowest BCUT2D eigenvalue weighted by Crippen LogP contribution is -2.47. The minimum Gasteiger partial charge on any atom is -0.379 e. The summed E-state index contributed by atoms with van der Waals surface area (Å²) in [5.74, 6) is -2.63. The van der Waals surface area contributed by atoms with Gasteiger partial charge in [-0.2, -0.15) is 26.3 Å². The number of carbonyl (C=O) groups excluding carboxylic acids is 2. The lowest BCUT2D eigenvalue weighted by molar-refractivity contribution is -0.206. The topological polar surface area (TPSA) is 69.6 Å². The zero-order valence-electron chi connectivity index (χ0n) is 19.2. The lowest BCUT2D eigenvalue weighted by atomic mass is 9.99. The van der Waals surface area contributed by atoms with Crippen LogP contribution in [0.25, 0.3) is 0 Å². The van der Waals surface area contributed by atoms with Gasteiger partial charge in [0.05, 0.1) is 11.6 Å². The average molecular weight is 532 g/mol. The summed E-state index contributed by atoms with van der Waals surface area (Å²) in [4.78, 5) is 27.4. The molecule has 2 fully saturated rings. The molecule has 2 aliphatic rings. The average Bonchev–Trinajstić information content (AvgIpc) is 3.55. The fourth-order valence-corrected chi connectivity index (χ4v) is 4.56. The third-order valence-electron chi connectivity index (χ3n) is 6.63. The summed E-state index contributed by atoms with van der Waals surface area (Å²) >= 11 is 0. The summed E-state index contributed by atoms with van der Waals surface area (Å²) in [7, 11) is 0. The number of aliphatic hydroxyl groups excluding tert-OH is 1. The van der Waals surface area contributed by atoms with Crippen LogP contribution in [0.2, 0.25) is 0 Å². The molecule has 3 atom stereocenters. The maximum absolute atomic E-state index is 14.6. The maximum Gasteiger partial charge on any atom is 0.418 e. The summed E-state index contributed by atoms with van der Waals surface area (Å²) in [6, 6.07) is 4.64. The van der Waals surface area contributed by atoms with Crippen molar-refractivity contribution in [2.75, 3.05) is 6.54 Å². The molecule has 2 unspecified atom stereocenters.